The van der Waals surface area contributed by atoms with E-state index in [4.69, 9.17) is 4.74 Å². The summed E-state index contributed by atoms with van der Waals surface area (Å²) in [6.07, 6.45) is 1.79. The van der Waals surface area contributed by atoms with Gasteiger partial charge < -0.3 is 10.1 Å². The van der Waals surface area contributed by atoms with Gasteiger partial charge in [0.2, 0.25) is 10.0 Å². The summed E-state index contributed by atoms with van der Waals surface area (Å²) in [6, 6.07) is 4.95. The van der Waals surface area contributed by atoms with E-state index in [1.165, 1.54) is 7.11 Å². The molecular formula is C13H20BrClN2O3S. The fourth-order valence-electron chi connectivity index (χ4n) is 2.50. The summed E-state index contributed by atoms with van der Waals surface area (Å²) in [7, 11) is -0.118. The normalized spacial score (nSPS) is 19.3. The number of rotatable bonds is 5. The summed E-state index contributed by atoms with van der Waals surface area (Å²) in [5, 5.41) is 3.06. The highest BCUT2D eigenvalue weighted by atomic mass is 79.9. The molecule has 1 aliphatic rings. The van der Waals surface area contributed by atoms with Crippen LogP contribution in [0.1, 0.15) is 12.8 Å². The molecule has 21 heavy (non-hydrogen) atoms. The number of halogens is 2. The number of hydrogen-bond donors (Lipinski definition) is 1. The average Bonchev–Trinajstić information content (AvgIpc) is 2.87. The number of methoxy groups -OCH3 is 1. The summed E-state index contributed by atoms with van der Waals surface area (Å²) < 4.78 is 32.9. The third kappa shape index (κ3) is 4.10. The standard InChI is InChI=1S/C13H19BrN2O3S.ClH/c1-15-9-11-4-3-5-16(11)20(17,18)13-7-10(14)6-12(8-13)19-2;/h6-8,11,15H,3-5,9H2,1-2H3;1H. The van der Waals surface area contributed by atoms with E-state index < -0.39 is 10.0 Å². The van der Waals surface area contributed by atoms with E-state index >= 15 is 0 Å². The number of hydrogen-bond acceptors (Lipinski definition) is 4. The number of nitrogens with one attached hydrogen (secondary N) is 1. The number of nitrogens with zero attached hydrogens (tertiary/aromatic N) is 1. The molecule has 0 spiro atoms. The highest BCUT2D eigenvalue weighted by Gasteiger charge is 2.35. The van der Waals surface area contributed by atoms with Gasteiger partial charge in [-0.15, -0.1) is 12.4 Å². The van der Waals surface area contributed by atoms with Gasteiger partial charge in [0.25, 0.3) is 0 Å². The number of sulfonamides is 1. The maximum atomic E-state index is 12.8. The van der Waals surface area contributed by atoms with Crippen LogP contribution < -0.4 is 10.1 Å². The topological polar surface area (TPSA) is 58.6 Å². The molecule has 1 saturated heterocycles. The first-order valence-electron chi connectivity index (χ1n) is 6.50. The van der Waals surface area contributed by atoms with Gasteiger partial charge in [0.15, 0.2) is 0 Å². The van der Waals surface area contributed by atoms with Crippen molar-refractivity contribution in [1.29, 1.82) is 0 Å². The van der Waals surface area contributed by atoms with Gasteiger partial charge in [0.05, 0.1) is 12.0 Å². The molecule has 8 heteroatoms. The Balaban J connectivity index is 0.00000220. The minimum absolute atomic E-state index is 0. The number of likely N-dealkylation sites (N-methyl/N-ethyl adjacent to an activating group) is 1. The minimum atomic E-state index is -3.48. The first-order chi connectivity index (χ1) is 9.48. The summed E-state index contributed by atoms with van der Waals surface area (Å²) in [5.41, 5.74) is 0. The molecule has 1 unspecified atom stereocenters. The Morgan fingerprint density at radius 3 is 2.76 bits per heavy atom. The Bertz CT molecular complexity index is 583. The summed E-state index contributed by atoms with van der Waals surface area (Å²) in [4.78, 5) is 0.270. The van der Waals surface area contributed by atoms with Crippen molar-refractivity contribution in [1.82, 2.24) is 9.62 Å². The fraction of sp³-hybridized carbons (Fsp3) is 0.538. The van der Waals surface area contributed by atoms with E-state index in [2.05, 4.69) is 21.2 Å². The van der Waals surface area contributed by atoms with E-state index in [1.54, 1.807) is 22.5 Å². The van der Waals surface area contributed by atoms with Gasteiger partial charge in [-0.25, -0.2) is 8.42 Å². The molecule has 1 fully saturated rings. The van der Waals surface area contributed by atoms with Crippen LogP contribution in [0.3, 0.4) is 0 Å². The lowest BCUT2D eigenvalue weighted by atomic mass is 10.2. The van der Waals surface area contributed by atoms with Crippen molar-refractivity contribution in [3.8, 4) is 5.75 Å². The Morgan fingerprint density at radius 1 is 1.43 bits per heavy atom. The lowest BCUT2D eigenvalue weighted by Gasteiger charge is -2.24. The second-order valence-electron chi connectivity index (χ2n) is 4.80. The molecule has 120 valence electrons. The van der Waals surface area contributed by atoms with Gasteiger partial charge >= 0.3 is 0 Å². The molecule has 0 radical (unpaired) electrons. The first-order valence-corrected chi connectivity index (χ1v) is 8.73. The van der Waals surface area contributed by atoms with Gasteiger partial charge in [0.1, 0.15) is 5.75 Å². The molecule has 1 heterocycles. The molecule has 0 saturated carbocycles. The van der Waals surface area contributed by atoms with Crippen molar-refractivity contribution in [2.45, 2.75) is 23.8 Å². The van der Waals surface area contributed by atoms with Crippen LogP contribution in [0.4, 0.5) is 0 Å². The minimum Gasteiger partial charge on any atom is -0.497 e. The van der Waals surface area contributed by atoms with Gasteiger partial charge in [-0.05, 0) is 32.0 Å². The molecule has 5 nitrogen and oxygen atoms in total. The van der Waals surface area contributed by atoms with Crippen molar-refractivity contribution in [3.63, 3.8) is 0 Å². The third-order valence-electron chi connectivity index (χ3n) is 3.45. The average molecular weight is 400 g/mol. The van der Waals surface area contributed by atoms with Crippen LogP contribution in [0.25, 0.3) is 0 Å². The van der Waals surface area contributed by atoms with Gasteiger partial charge in [-0.3, -0.25) is 0 Å². The van der Waals surface area contributed by atoms with Gasteiger partial charge in [-0.1, -0.05) is 15.9 Å². The fourth-order valence-corrected chi connectivity index (χ4v) is 4.88. The van der Waals surface area contributed by atoms with Crippen molar-refractivity contribution in [2.75, 3.05) is 27.2 Å². The SMILES string of the molecule is CNCC1CCCN1S(=O)(=O)c1cc(Br)cc(OC)c1.Cl. The Hall–Kier alpha value is -0.340. The van der Waals surface area contributed by atoms with E-state index in [0.717, 1.165) is 12.8 Å². The summed E-state index contributed by atoms with van der Waals surface area (Å²) >= 11 is 3.33. The van der Waals surface area contributed by atoms with E-state index in [1.807, 2.05) is 7.05 Å². The van der Waals surface area contributed by atoms with Crippen molar-refractivity contribution in [2.24, 2.45) is 0 Å². The largest absolute Gasteiger partial charge is 0.497 e. The van der Waals surface area contributed by atoms with Crippen LogP contribution in [0.15, 0.2) is 27.6 Å². The monoisotopic (exact) mass is 398 g/mol. The molecule has 0 amide bonds. The van der Waals surface area contributed by atoms with Crippen molar-refractivity contribution in [3.05, 3.63) is 22.7 Å². The van der Waals surface area contributed by atoms with Crippen molar-refractivity contribution < 1.29 is 13.2 Å². The summed E-state index contributed by atoms with van der Waals surface area (Å²) in [6.45, 7) is 1.24. The second-order valence-corrected chi connectivity index (χ2v) is 7.60. The van der Waals surface area contributed by atoms with Gasteiger partial charge in [0, 0.05) is 29.7 Å². The van der Waals surface area contributed by atoms with Crippen LogP contribution in [-0.2, 0) is 10.0 Å². The predicted octanol–water partition coefficient (Wildman–Crippen LogP) is 2.25. The zero-order valence-corrected chi connectivity index (χ0v) is 15.2. The molecule has 0 aliphatic carbocycles. The Morgan fingerprint density at radius 2 is 2.14 bits per heavy atom. The molecule has 0 bridgehead atoms. The third-order valence-corrected chi connectivity index (χ3v) is 5.84. The van der Waals surface area contributed by atoms with E-state index in [0.29, 0.717) is 23.3 Å². The Kier molecular flexibility index (Phi) is 6.93. The molecule has 1 N–H and O–H groups in total. The highest BCUT2D eigenvalue weighted by Crippen LogP contribution is 2.30. The maximum Gasteiger partial charge on any atom is 0.243 e. The van der Waals surface area contributed by atoms with Gasteiger partial charge in [-0.2, -0.15) is 4.31 Å². The molecule has 1 atom stereocenters. The van der Waals surface area contributed by atoms with Crippen LogP contribution in [-0.4, -0.2) is 46.0 Å². The second kappa shape index (κ2) is 7.78. The molecule has 0 aromatic heterocycles. The van der Waals surface area contributed by atoms with Crippen molar-refractivity contribution >= 4 is 38.4 Å². The van der Waals surface area contributed by atoms with Crippen LogP contribution in [0.2, 0.25) is 0 Å². The smallest absolute Gasteiger partial charge is 0.243 e. The molecule has 1 aromatic carbocycles. The first kappa shape index (κ1) is 18.7. The van der Waals surface area contributed by atoms with E-state index in [-0.39, 0.29) is 23.3 Å². The molecular weight excluding hydrogens is 380 g/mol. The maximum absolute atomic E-state index is 12.8. The number of benzene rings is 1. The quantitative estimate of drug-likeness (QED) is 0.825. The zero-order chi connectivity index (χ0) is 14.8. The van der Waals surface area contributed by atoms with Crippen LogP contribution in [0.5, 0.6) is 5.75 Å². The molecule has 1 aliphatic heterocycles. The molecule has 1 aromatic rings. The zero-order valence-electron chi connectivity index (χ0n) is 12.0. The summed E-state index contributed by atoms with van der Waals surface area (Å²) in [5.74, 6) is 0.530. The number of ether oxygens (including phenoxy) is 1. The predicted molar refractivity (Wildman–Crippen MR) is 88.8 cm³/mol. The lowest BCUT2D eigenvalue weighted by Crippen LogP contribution is -2.40. The highest BCUT2D eigenvalue weighted by molar-refractivity contribution is 9.10. The Labute approximate surface area is 140 Å². The lowest BCUT2D eigenvalue weighted by molar-refractivity contribution is 0.378. The van der Waals surface area contributed by atoms with Crippen LogP contribution >= 0.6 is 28.3 Å². The molecule has 2 rings (SSSR count). The van der Waals surface area contributed by atoms with Crippen LogP contribution in [0, 0.1) is 0 Å². The van der Waals surface area contributed by atoms with E-state index in [9.17, 15) is 8.42 Å².